The molecule has 0 fully saturated rings. The van der Waals surface area contributed by atoms with Crippen LogP contribution in [0.1, 0.15) is 154 Å². The van der Waals surface area contributed by atoms with Crippen molar-refractivity contribution in [3.8, 4) is 0 Å². The molecule has 0 saturated heterocycles. The zero-order valence-electron chi connectivity index (χ0n) is 35.9. The van der Waals surface area contributed by atoms with E-state index in [-0.39, 0.29) is 33.2 Å². The summed E-state index contributed by atoms with van der Waals surface area (Å²) in [6.45, 7) is 34.1. The van der Waals surface area contributed by atoms with Crippen LogP contribution in [0.25, 0.3) is 5.32 Å². The van der Waals surface area contributed by atoms with E-state index in [0.29, 0.717) is 23.7 Å². The predicted octanol–water partition coefficient (Wildman–Crippen LogP) is 16.2. The van der Waals surface area contributed by atoms with E-state index >= 15 is 0 Å². The van der Waals surface area contributed by atoms with Crippen molar-refractivity contribution in [1.29, 1.82) is 0 Å². The number of nitrogens with zero attached hydrogens (tertiary/aromatic N) is 3. The maximum Gasteiger partial charge on any atom is 0.0345 e. The average Bonchev–Trinajstić information content (AvgIpc) is 3.50. The van der Waals surface area contributed by atoms with Gasteiger partial charge < -0.3 is 15.1 Å². The maximum absolute atomic E-state index is 4.69. The molecule has 0 N–H and O–H groups in total. The van der Waals surface area contributed by atoms with Crippen molar-refractivity contribution in [1.82, 2.24) is 0 Å². The van der Waals surface area contributed by atoms with Crippen LogP contribution in [-0.2, 0) is 33.2 Å². The zero-order valence-corrected chi connectivity index (χ0v) is 38.1. The Kier molecular flexibility index (Phi) is 14.4. The number of rotatable bonds is 8. The third-order valence-electron chi connectivity index (χ3n) is 10.5. The van der Waals surface area contributed by atoms with E-state index < -0.39 is 0 Å². The predicted molar refractivity (Wildman–Crippen MR) is 237 cm³/mol. The molecular formula is C51H65AuN3-2. The van der Waals surface area contributed by atoms with E-state index in [1.165, 1.54) is 56.1 Å². The first-order valence-electron chi connectivity index (χ1n) is 20.1. The van der Waals surface area contributed by atoms with Crippen LogP contribution in [0.4, 0.5) is 34.1 Å². The molecule has 4 heteroatoms. The normalized spacial score (nSPS) is 12.9. The van der Waals surface area contributed by atoms with Crippen LogP contribution in [0.3, 0.4) is 0 Å². The monoisotopic (exact) mass is 916 g/mol. The fraction of sp³-hybridized carbons (Fsp3) is 0.392. The van der Waals surface area contributed by atoms with Crippen LogP contribution >= 0.6 is 0 Å². The molecule has 1 aliphatic heterocycles. The van der Waals surface area contributed by atoms with Crippen LogP contribution in [0.15, 0.2) is 109 Å². The molecule has 0 aliphatic carbocycles. The molecule has 55 heavy (non-hydrogen) atoms. The minimum absolute atomic E-state index is 0. The Morgan fingerprint density at radius 2 is 0.709 bits per heavy atom. The molecule has 5 aromatic carbocycles. The summed E-state index contributed by atoms with van der Waals surface area (Å²) in [5.74, 6) is 1.79. The van der Waals surface area contributed by atoms with E-state index in [2.05, 4.69) is 228 Å². The van der Waals surface area contributed by atoms with Gasteiger partial charge in [-0.05, 0) is 80.0 Å². The molecule has 0 unspecified atom stereocenters. The topological polar surface area (TPSA) is 20.6 Å². The van der Waals surface area contributed by atoms with Crippen LogP contribution in [0, 0.1) is 6.67 Å². The third-order valence-corrected chi connectivity index (χ3v) is 10.5. The summed E-state index contributed by atoms with van der Waals surface area (Å²) < 4.78 is 0. The molecule has 0 saturated carbocycles. The molecule has 5 aromatic rings. The Hall–Kier alpha value is -3.76. The van der Waals surface area contributed by atoms with Gasteiger partial charge in [-0.25, -0.2) is 0 Å². The smallest absolute Gasteiger partial charge is 0.0345 e. The fourth-order valence-electron chi connectivity index (χ4n) is 7.27. The average molecular weight is 917 g/mol. The summed E-state index contributed by atoms with van der Waals surface area (Å²) in [5.41, 5.74) is 15.8. The number of fused-ring (bicyclic) bond motifs is 1. The minimum Gasteiger partial charge on any atom is -0.658 e. The maximum atomic E-state index is 4.69. The number of hydrogen-bond acceptors (Lipinski definition) is 2. The van der Waals surface area contributed by atoms with E-state index in [9.17, 15) is 0 Å². The Balaban J connectivity index is 0.000000265. The first-order chi connectivity index (χ1) is 25.4. The second kappa shape index (κ2) is 18.0. The minimum atomic E-state index is 0. The molecule has 6 rings (SSSR count). The molecule has 3 nitrogen and oxygen atoms in total. The molecule has 0 amide bonds. The number of hydrogen-bond donors (Lipinski definition) is 0. The Labute approximate surface area is 350 Å². The van der Waals surface area contributed by atoms with Crippen molar-refractivity contribution in [3.05, 3.63) is 155 Å². The third kappa shape index (κ3) is 10.2. The Morgan fingerprint density at radius 1 is 0.418 bits per heavy atom. The van der Waals surface area contributed by atoms with E-state index in [1.807, 2.05) is 0 Å². The Morgan fingerprint density at radius 3 is 0.964 bits per heavy atom. The number of benzene rings is 5. The second-order valence-electron chi connectivity index (χ2n) is 18.2. The zero-order chi connectivity index (χ0) is 39.5. The molecule has 1 heterocycles. The summed E-state index contributed by atoms with van der Waals surface area (Å²) >= 11 is 0. The fourth-order valence-corrected chi connectivity index (χ4v) is 7.27. The van der Waals surface area contributed by atoms with Crippen molar-refractivity contribution < 1.29 is 22.4 Å². The van der Waals surface area contributed by atoms with Gasteiger partial charge in [0, 0.05) is 45.1 Å². The summed E-state index contributed by atoms with van der Waals surface area (Å²) in [6, 6.07) is 39.5. The van der Waals surface area contributed by atoms with E-state index in [4.69, 9.17) is 0 Å². The van der Waals surface area contributed by atoms with Crippen molar-refractivity contribution in [2.45, 2.75) is 131 Å². The van der Waals surface area contributed by atoms with Crippen LogP contribution < -0.4 is 9.80 Å². The SMILES string of the molecule is CC(C)(C)c1ccc([N-]c2ccc(C(C)(C)C)cc2)cc1.CC(C)c1cccc(C(C)C)c1N1[CH-]N(c2c(C(C)C)cccc2C(C)C)c2ccccc21.[Au]. The molecule has 0 bridgehead atoms. The van der Waals surface area contributed by atoms with Gasteiger partial charge in [-0.2, -0.15) is 0 Å². The van der Waals surface area contributed by atoms with Crippen LogP contribution in [0.2, 0.25) is 0 Å². The van der Waals surface area contributed by atoms with E-state index in [0.717, 1.165) is 11.4 Å². The molecule has 0 atom stereocenters. The molecular weight excluding hydrogens is 852 g/mol. The number of para-hydroxylation sites is 4. The molecule has 0 spiro atoms. The van der Waals surface area contributed by atoms with E-state index in [1.54, 1.807) is 0 Å². The molecule has 0 aromatic heterocycles. The van der Waals surface area contributed by atoms with Crippen molar-refractivity contribution in [3.63, 3.8) is 0 Å². The van der Waals surface area contributed by atoms with Crippen LogP contribution in [0.5, 0.6) is 0 Å². The van der Waals surface area contributed by atoms with Gasteiger partial charge in [-0.1, -0.05) is 194 Å². The standard InChI is InChI=1S/C31H39N2.C20H26N.Au/c1-20(2)24-13-11-14-25(21(3)4)30(24)32-19-33(29-18-10-9-17-28(29)32)31-26(22(5)6)15-12-16-27(31)23(7)8;1-19(2,3)15-7-11-17(12-8-15)21-18-13-9-16(10-14-18)20(4,5)6;/h9-23H,1-8H3;7-14H,1-6H3;/q2*-1;. The molecule has 297 valence electrons. The van der Waals surface area contributed by atoms with Crippen molar-refractivity contribution in [2.75, 3.05) is 9.80 Å². The first-order valence-corrected chi connectivity index (χ1v) is 20.1. The molecule has 1 aliphatic rings. The van der Waals surface area contributed by atoms with Gasteiger partial charge in [0.05, 0.1) is 0 Å². The first kappa shape index (κ1) is 44.0. The Bertz CT molecular complexity index is 1790. The quantitative estimate of drug-likeness (QED) is 0.114. The summed E-state index contributed by atoms with van der Waals surface area (Å²) in [7, 11) is 0. The van der Waals surface area contributed by atoms with Gasteiger partial charge in [-0.3, -0.25) is 0 Å². The number of anilines is 4. The van der Waals surface area contributed by atoms with Gasteiger partial charge in [0.2, 0.25) is 0 Å². The van der Waals surface area contributed by atoms with Crippen LogP contribution in [-0.4, -0.2) is 0 Å². The summed E-state index contributed by atoms with van der Waals surface area (Å²) in [5, 5.41) is 4.69. The van der Waals surface area contributed by atoms with Crippen molar-refractivity contribution >= 4 is 34.1 Å². The summed E-state index contributed by atoms with van der Waals surface area (Å²) in [4.78, 5) is 4.89. The van der Waals surface area contributed by atoms with Gasteiger partial charge >= 0.3 is 0 Å². The second-order valence-corrected chi connectivity index (χ2v) is 18.2. The van der Waals surface area contributed by atoms with Gasteiger partial charge in [0.25, 0.3) is 0 Å². The van der Waals surface area contributed by atoms with Gasteiger partial charge in [-0.15, -0.1) is 18.0 Å². The van der Waals surface area contributed by atoms with Gasteiger partial charge in [0.15, 0.2) is 0 Å². The van der Waals surface area contributed by atoms with Gasteiger partial charge in [0.1, 0.15) is 0 Å². The largest absolute Gasteiger partial charge is 0.658 e. The summed E-state index contributed by atoms with van der Waals surface area (Å²) in [6.07, 6.45) is 0. The molecule has 1 radical (unpaired) electrons. The van der Waals surface area contributed by atoms with Crippen molar-refractivity contribution in [2.24, 2.45) is 0 Å².